The molecule has 0 radical (unpaired) electrons. The predicted octanol–water partition coefficient (Wildman–Crippen LogP) is -1.48. The van der Waals surface area contributed by atoms with Gasteiger partial charge >= 0.3 is 186 Å². The first kappa shape index (κ1) is 24.2. The van der Waals surface area contributed by atoms with Crippen molar-refractivity contribution in [3.8, 4) is 16.9 Å². The van der Waals surface area contributed by atoms with E-state index < -0.39 is 16.6 Å². The second-order valence-electron chi connectivity index (χ2n) is 9.04. The second kappa shape index (κ2) is 8.17. The van der Waals surface area contributed by atoms with Gasteiger partial charge in [0.2, 0.25) is 0 Å². The van der Waals surface area contributed by atoms with Crippen LogP contribution in [0.25, 0.3) is 16.7 Å². The molecule has 155 valence electrons. The predicted molar refractivity (Wildman–Crippen MR) is 117 cm³/mol. The summed E-state index contributed by atoms with van der Waals surface area (Å²) >= 11 is 1.55. The minimum atomic E-state index is -1.99. The number of halogens is 2. The Morgan fingerprint density at radius 3 is 2.37 bits per heavy atom. The Kier molecular flexibility index (Phi) is 6.60. The van der Waals surface area contributed by atoms with E-state index in [1.807, 2.05) is 7.11 Å². The second-order valence-corrected chi connectivity index (χ2v) is 18.4. The Labute approximate surface area is 209 Å². The fraction of sp³-hybridized carbons (Fsp3) is 0.304. The number of rotatable bonds is 4. The number of allylic oxidation sites excluding steroid dienone is 4. The fourth-order valence-electron chi connectivity index (χ4n) is 4.84. The molecule has 1 heterocycles. The summed E-state index contributed by atoms with van der Waals surface area (Å²) in [4.78, 5) is 0. The van der Waals surface area contributed by atoms with Crippen LogP contribution in [0.15, 0.2) is 42.5 Å². The van der Waals surface area contributed by atoms with Gasteiger partial charge in [-0.25, -0.2) is 0 Å². The van der Waals surface area contributed by atoms with Crippen LogP contribution in [0.3, 0.4) is 0 Å². The Morgan fingerprint density at radius 1 is 1.07 bits per heavy atom. The fourth-order valence-corrected chi connectivity index (χ4v) is 10.8. The van der Waals surface area contributed by atoms with Crippen LogP contribution in [0.5, 0.6) is 5.75 Å². The molecule has 2 unspecified atom stereocenters. The Hall–Kier alpha value is -0.423. The molecule has 5 rings (SSSR count). The van der Waals surface area contributed by atoms with Gasteiger partial charge in [0.05, 0.1) is 0 Å². The third-order valence-corrected chi connectivity index (χ3v) is 11.9. The van der Waals surface area contributed by atoms with Crippen LogP contribution in [0.4, 0.5) is 0 Å². The van der Waals surface area contributed by atoms with Gasteiger partial charge in [-0.15, -0.1) is 0 Å². The van der Waals surface area contributed by atoms with Gasteiger partial charge in [0.1, 0.15) is 0 Å². The van der Waals surface area contributed by atoms with Crippen LogP contribution in [0, 0.1) is 0 Å². The Bertz CT molecular complexity index is 1090. The maximum absolute atomic E-state index is 6.89. The van der Waals surface area contributed by atoms with Crippen molar-refractivity contribution >= 4 is 32.6 Å². The van der Waals surface area contributed by atoms with Gasteiger partial charge in [0.25, 0.3) is 0 Å². The summed E-state index contributed by atoms with van der Waals surface area (Å²) in [6, 6.07) is 8.95. The molecular weight excluding hydrogens is 527 g/mol. The third-order valence-electron chi connectivity index (χ3n) is 6.12. The van der Waals surface area contributed by atoms with E-state index in [0.29, 0.717) is 3.63 Å². The quantitative estimate of drug-likeness (QED) is 0.432. The molecule has 1 aliphatic heterocycles. The largest absolute Gasteiger partial charge is 1.00 e. The average Bonchev–Trinajstić information content (AvgIpc) is 3.01. The molecule has 0 bridgehead atoms. The SMILES string of the molecule is CO[Si]1(C)c2c(C3=CC=CC3)c(O[Si](C)(C)C)c3c(c21)[CH]([Zr+2])c1ccccc1-3.[Cl-].[Cl-]. The van der Waals surface area contributed by atoms with Gasteiger partial charge in [-0.05, 0) is 0 Å². The van der Waals surface area contributed by atoms with Crippen LogP contribution in [-0.2, 0) is 29.1 Å². The molecule has 2 atom stereocenters. The first-order chi connectivity index (χ1) is 13.3. The first-order valence-electron chi connectivity index (χ1n) is 9.93. The molecule has 2 aliphatic carbocycles. The Balaban J connectivity index is 0.00000128. The van der Waals surface area contributed by atoms with E-state index in [1.54, 1.807) is 29.9 Å². The van der Waals surface area contributed by atoms with Gasteiger partial charge in [-0.2, -0.15) is 0 Å². The molecule has 0 saturated heterocycles. The normalized spacial score (nSPS) is 22.4. The van der Waals surface area contributed by atoms with Crippen molar-refractivity contribution in [2.24, 2.45) is 0 Å². The van der Waals surface area contributed by atoms with Gasteiger partial charge in [0.15, 0.2) is 0 Å². The minimum absolute atomic E-state index is 0. The van der Waals surface area contributed by atoms with E-state index in [4.69, 9.17) is 8.85 Å². The van der Waals surface area contributed by atoms with Gasteiger partial charge in [0, 0.05) is 0 Å². The molecule has 30 heavy (non-hydrogen) atoms. The van der Waals surface area contributed by atoms with Crippen LogP contribution in [-0.4, -0.2) is 23.7 Å². The summed E-state index contributed by atoms with van der Waals surface area (Å²) in [5, 5.41) is 3.05. The molecule has 0 N–H and O–H groups in total. The zero-order valence-corrected chi connectivity index (χ0v) is 23.9. The number of hydrogen-bond acceptors (Lipinski definition) is 2. The molecule has 3 aliphatic rings. The van der Waals surface area contributed by atoms with Crippen molar-refractivity contribution in [2.75, 3.05) is 7.11 Å². The summed E-state index contributed by atoms with van der Waals surface area (Å²) < 4.78 is 13.6. The first-order valence-corrected chi connectivity index (χ1v) is 17.2. The van der Waals surface area contributed by atoms with Crippen molar-refractivity contribution in [3.63, 3.8) is 0 Å². The van der Waals surface area contributed by atoms with Crippen LogP contribution in [0.2, 0.25) is 26.2 Å². The molecular formula is C23H25Cl2O2Si2Zr. The van der Waals surface area contributed by atoms with Crippen molar-refractivity contribution in [1.29, 1.82) is 0 Å². The van der Waals surface area contributed by atoms with E-state index in [2.05, 4.69) is 68.7 Å². The molecule has 0 spiro atoms. The third kappa shape index (κ3) is 3.41. The standard InChI is InChI=1S/C23H25O2Si2.2ClH.Zr/c1-24-27(5)22-18-14-16-12-8-9-13-17(16)20(18)21(25-26(2,3)4)19(23(22)27)15-10-6-7-11-15;;;/h6-10,12-14H,11H2,1-5H3;2*1H;/q;;;+2/p-2. The maximum atomic E-state index is 6.89. The van der Waals surface area contributed by atoms with E-state index >= 15 is 0 Å². The topological polar surface area (TPSA) is 18.5 Å². The summed E-state index contributed by atoms with van der Waals surface area (Å²) in [7, 11) is -1.88. The zero-order valence-electron chi connectivity index (χ0n) is 17.9. The Morgan fingerprint density at radius 2 is 1.77 bits per heavy atom. The van der Waals surface area contributed by atoms with E-state index in [1.165, 1.54) is 38.6 Å². The van der Waals surface area contributed by atoms with Crippen molar-refractivity contribution in [1.82, 2.24) is 0 Å². The van der Waals surface area contributed by atoms with Gasteiger partial charge in [-0.1, -0.05) is 0 Å². The van der Waals surface area contributed by atoms with Gasteiger partial charge in [-0.3, -0.25) is 0 Å². The number of benzene rings is 2. The van der Waals surface area contributed by atoms with Crippen LogP contribution >= 0.6 is 0 Å². The summed E-state index contributed by atoms with van der Waals surface area (Å²) in [5.74, 6) is 1.15. The number of fused-ring (bicyclic) bond motifs is 5. The van der Waals surface area contributed by atoms with Crippen LogP contribution in [0.1, 0.15) is 26.7 Å². The molecule has 7 heteroatoms. The van der Waals surface area contributed by atoms with E-state index in [-0.39, 0.29) is 24.8 Å². The monoisotopic (exact) mass is 549 g/mol. The number of hydrogen-bond donors (Lipinski definition) is 0. The molecule has 0 fully saturated rings. The summed E-state index contributed by atoms with van der Waals surface area (Å²) in [6.07, 6.45) is 7.70. The van der Waals surface area contributed by atoms with Crippen molar-refractivity contribution < 1.29 is 58.4 Å². The molecule has 0 aromatic heterocycles. The van der Waals surface area contributed by atoms with Gasteiger partial charge < -0.3 is 24.8 Å². The minimum Gasteiger partial charge on any atom is -1.00 e. The van der Waals surface area contributed by atoms with Crippen molar-refractivity contribution in [2.45, 2.75) is 36.2 Å². The smallest absolute Gasteiger partial charge is 1.00 e. The molecule has 2 nitrogen and oxygen atoms in total. The molecule has 2 aromatic rings. The summed E-state index contributed by atoms with van der Waals surface area (Å²) in [6.45, 7) is 9.24. The molecule has 0 saturated carbocycles. The average molecular weight is 552 g/mol. The zero-order chi connectivity index (χ0) is 19.8. The van der Waals surface area contributed by atoms with Crippen LogP contribution < -0.4 is 39.6 Å². The maximum Gasteiger partial charge on any atom is -1.00 e. The van der Waals surface area contributed by atoms with E-state index in [0.717, 1.165) is 12.2 Å². The van der Waals surface area contributed by atoms with E-state index in [9.17, 15) is 0 Å². The molecule has 0 amide bonds. The summed E-state index contributed by atoms with van der Waals surface area (Å²) in [5.41, 5.74) is 8.49. The molecule has 2 aromatic carbocycles. The van der Waals surface area contributed by atoms with Crippen molar-refractivity contribution in [3.05, 3.63) is 59.2 Å².